The number of rotatable bonds is 9. The van der Waals surface area contributed by atoms with Gasteiger partial charge < -0.3 is 16.0 Å². The van der Waals surface area contributed by atoms with E-state index in [-0.39, 0.29) is 17.4 Å². The minimum atomic E-state index is -0.564. The monoisotopic (exact) mass is 576 g/mol. The number of benzene rings is 3. The zero-order valence-electron chi connectivity index (χ0n) is 20.4. The Kier molecular flexibility index (Phi) is 9.74. The second-order valence-corrected chi connectivity index (χ2v) is 9.91. The smallest absolute Gasteiger partial charge is 0.272 e. The maximum absolute atomic E-state index is 13.2. The summed E-state index contributed by atoms with van der Waals surface area (Å²) in [7, 11) is 0. The summed E-state index contributed by atoms with van der Waals surface area (Å²) in [6.45, 7) is 0. The molecule has 1 aromatic heterocycles. The molecule has 0 saturated carbocycles. The molecule has 0 aliphatic carbocycles. The minimum Gasteiger partial charge on any atom is -0.321 e. The number of nitrogens with one attached hydrogen (secondary N) is 3. The number of aromatic nitrogens is 1. The molecule has 3 aromatic carbocycles. The molecule has 0 saturated heterocycles. The van der Waals surface area contributed by atoms with Crippen molar-refractivity contribution >= 4 is 70.3 Å². The molecule has 0 bridgehead atoms. The topological polar surface area (TPSA) is 100 Å². The number of carbonyl (C=O) groups excluding carboxylic acids is 3. The molecule has 7 nitrogen and oxygen atoms in total. The van der Waals surface area contributed by atoms with Crippen molar-refractivity contribution in [3.63, 3.8) is 0 Å². The van der Waals surface area contributed by atoms with Crippen molar-refractivity contribution < 1.29 is 14.4 Å². The maximum atomic E-state index is 13.2. The molecule has 196 valence electrons. The number of hydrogen-bond acceptors (Lipinski definition) is 5. The third-order valence-corrected chi connectivity index (χ3v) is 6.90. The van der Waals surface area contributed by atoms with E-state index in [1.165, 1.54) is 17.8 Å². The highest BCUT2D eigenvalue weighted by Crippen LogP contribution is 2.27. The Morgan fingerprint density at radius 2 is 1.49 bits per heavy atom. The molecule has 0 aliphatic rings. The molecule has 0 spiro atoms. The Morgan fingerprint density at radius 3 is 2.15 bits per heavy atom. The van der Waals surface area contributed by atoms with Crippen LogP contribution in [0.1, 0.15) is 15.9 Å². The van der Waals surface area contributed by atoms with E-state index in [0.29, 0.717) is 32.7 Å². The predicted octanol–water partition coefficient (Wildman–Crippen LogP) is 6.53. The summed E-state index contributed by atoms with van der Waals surface area (Å²) in [4.78, 5) is 43.1. The Hall–Kier alpha value is -4.11. The van der Waals surface area contributed by atoms with E-state index < -0.39 is 11.8 Å². The SMILES string of the molecule is O=C(CSc1ccc(NC(=O)/C(=C/c2c(Cl)cccc2Cl)NC(=O)c2ccccc2)cc1)Nc1ccccn1. The van der Waals surface area contributed by atoms with Crippen LogP contribution in [0, 0.1) is 0 Å². The lowest BCUT2D eigenvalue weighted by molar-refractivity contribution is -0.114. The summed E-state index contributed by atoms with van der Waals surface area (Å²) < 4.78 is 0. The van der Waals surface area contributed by atoms with Gasteiger partial charge in [0.1, 0.15) is 11.5 Å². The lowest BCUT2D eigenvalue weighted by atomic mass is 10.1. The van der Waals surface area contributed by atoms with E-state index in [4.69, 9.17) is 23.2 Å². The van der Waals surface area contributed by atoms with Crippen molar-refractivity contribution in [1.82, 2.24) is 10.3 Å². The fraction of sp³-hybridized carbons (Fsp3) is 0.0345. The van der Waals surface area contributed by atoms with Crippen LogP contribution in [0.15, 0.2) is 108 Å². The lowest BCUT2D eigenvalue weighted by Crippen LogP contribution is -2.30. The van der Waals surface area contributed by atoms with Gasteiger partial charge in [0.15, 0.2) is 0 Å². The quantitative estimate of drug-likeness (QED) is 0.155. The van der Waals surface area contributed by atoms with Crippen LogP contribution in [0.25, 0.3) is 6.08 Å². The van der Waals surface area contributed by atoms with Crippen LogP contribution in [-0.4, -0.2) is 28.5 Å². The van der Waals surface area contributed by atoms with Gasteiger partial charge in [0.25, 0.3) is 11.8 Å². The van der Waals surface area contributed by atoms with Crippen LogP contribution in [0.3, 0.4) is 0 Å². The van der Waals surface area contributed by atoms with Crippen molar-refractivity contribution in [3.8, 4) is 0 Å². The zero-order chi connectivity index (χ0) is 27.6. The fourth-order valence-electron chi connectivity index (χ4n) is 3.33. The van der Waals surface area contributed by atoms with Crippen LogP contribution >= 0.6 is 35.0 Å². The van der Waals surface area contributed by atoms with Gasteiger partial charge in [-0.1, -0.05) is 53.5 Å². The van der Waals surface area contributed by atoms with Gasteiger partial charge in [0, 0.05) is 38.0 Å². The summed E-state index contributed by atoms with van der Waals surface area (Å²) in [6, 6.07) is 25.7. The van der Waals surface area contributed by atoms with Crippen LogP contribution < -0.4 is 16.0 Å². The molecule has 3 N–H and O–H groups in total. The molecule has 0 unspecified atom stereocenters. The van der Waals surface area contributed by atoms with Crippen LogP contribution in [0.4, 0.5) is 11.5 Å². The van der Waals surface area contributed by atoms with Crippen LogP contribution in [-0.2, 0) is 9.59 Å². The number of pyridine rings is 1. The third kappa shape index (κ3) is 8.19. The van der Waals surface area contributed by atoms with E-state index >= 15 is 0 Å². The van der Waals surface area contributed by atoms with Gasteiger partial charge in [-0.25, -0.2) is 4.98 Å². The molecular formula is C29H22Cl2N4O3S. The number of anilines is 2. The van der Waals surface area contributed by atoms with Gasteiger partial charge in [0.05, 0.1) is 5.75 Å². The second-order valence-electron chi connectivity index (χ2n) is 8.04. The van der Waals surface area contributed by atoms with E-state index in [1.54, 1.807) is 97.2 Å². The Labute approximate surface area is 239 Å². The number of carbonyl (C=O) groups is 3. The number of hydrogen-bond donors (Lipinski definition) is 3. The van der Waals surface area contributed by atoms with Gasteiger partial charge in [-0.3, -0.25) is 14.4 Å². The molecule has 4 rings (SSSR count). The van der Waals surface area contributed by atoms with Gasteiger partial charge in [-0.05, 0) is 66.7 Å². The largest absolute Gasteiger partial charge is 0.321 e. The fourth-order valence-corrected chi connectivity index (χ4v) is 4.54. The molecule has 0 fully saturated rings. The van der Waals surface area contributed by atoms with Crippen molar-refractivity contribution in [1.29, 1.82) is 0 Å². The minimum absolute atomic E-state index is 0.0384. The molecule has 4 aromatic rings. The number of halogens is 2. The maximum Gasteiger partial charge on any atom is 0.272 e. The lowest BCUT2D eigenvalue weighted by Gasteiger charge is -2.13. The summed E-state index contributed by atoms with van der Waals surface area (Å²) >= 11 is 13.9. The molecule has 0 radical (unpaired) electrons. The second kappa shape index (κ2) is 13.6. The van der Waals surface area contributed by atoms with Gasteiger partial charge in [-0.15, -0.1) is 11.8 Å². The summed E-state index contributed by atoms with van der Waals surface area (Å²) in [5, 5.41) is 8.82. The van der Waals surface area contributed by atoms with Crippen LogP contribution in [0.5, 0.6) is 0 Å². The average Bonchev–Trinajstić information content (AvgIpc) is 2.95. The van der Waals surface area contributed by atoms with Crippen molar-refractivity contribution in [3.05, 3.63) is 124 Å². The Bertz CT molecular complexity index is 1480. The number of thioether (sulfide) groups is 1. The molecule has 1 heterocycles. The van der Waals surface area contributed by atoms with Gasteiger partial charge in [-0.2, -0.15) is 0 Å². The van der Waals surface area contributed by atoms with E-state index in [1.807, 2.05) is 0 Å². The zero-order valence-corrected chi connectivity index (χ0v) is 22.7. The highest BCUT2D eigenvalue weighted by atomic mass is 35.5. The highest BCUT2D eigenvalue weighted by Gasteiger charge is 2.17. The van der Waals surface area contributed by atoms with E-state index in [0.717, 1.165) is 4.90 Å². The Balaban J connectivity index is 1.44. The molecule has 10 heteroatoms. The summed E-state index contributed by atoms with van der Waals surface area (Å²) in [5.41, 5.74) is 1.24. The van der Waals surface area contributed by atoms with Crippen LogP contribution in [0.2, 0.25) is 10.0 Å². The summed E-state index contributed by atoms with van der Waals surface area (Å²) in [6.07, 6.45) is 3.04. The number of amides is 3. The highest BCUT2D eigenvalue weighted by molar-refractivity contribution is 8.00. The van der Waals surface area contributed by atoms with Gasteiger partial charge >= 0.3 is 0 Å². The first-order chi connectivity index (χ1) is 18.9. The molecule has 39 heavy (non-hydrogen) atoms. The standard InChI is InChI=1S/C29H22Cl2N4O3S/c30-23-9-6-10-24(31)22(23)17-25(34-28(37)19-7-2-1-3-8-19)29(38)33-20-12-14-21(15-13-20)39-18-27(36)35-26-11-4-5-16-32-26/h1-17H,18H2,(H,33,38)(H,34,37)(H,32,35,36)/b25-17-. The van der Waals surface area contributed by atoms with Crippen molar-refractivity contribution in [2.75, 3.05) is 16.4 Å². The molecule has 3 amide bonds. The molecular weight excluding hydrogens is 555 g/mol. The first-order valence-electron chi connectivity index (χ1n) is 11.7. The normalized spacial score (nSPS) is 11.0. The third-order valence-electron chi connectivity index (χ3n) is 5.23. The predicted molar refractivity (Wildman–Crippen MR) is 157 cm³/mol. The Morgan fingerprint density at radius 1 is 0.795 bits per heavy atom. The molecule has 0 aliphatic heterocycles. The first-order valence-corrected chi connectivity index (χ1v) is 13.4. The van der Waals surface area contributed by atoms with Crippen molar-refractivity contribution in [2.45, 2.75) is 4.90 Å². The average molecular weight is 577 g/mol. The van der Waals surface area contributed by atoms with E-state index in [2.05, 4.69) is 20.9 Å². The van der Waals surface area contributed by atoms with E-state index in [9.17, 15) is 14.4 Å². The number of nitrogens with zero attached hydrogens (tertiary/aromatic N) is 1. The first kappa shape index (κ1) is 27.9. The summed E-state index contributed by atoms with van der Waals surface area (Å²) in [5.74, 6) is -0.527. The molecule has 0 atom stereocenters. The van der Waals surface area contributed by atoms with Crippen molar-refractivity contribution in [2.24, 2.45) is 0 Å². The van der Waals surface area contributed by atoms with Gasteiger partial charge in [0.2, 0.25) is 5.91 Å².